The van der Waals surface area contributed by atoms with Crippen LogP contribution in [0.5, 0.6) is 11.5 Å². The number of halogens is 1. The number of hydrogen-bond donors (Lipinski definition) is 0. The summed E-state index contributed by atoms with van der Waals surface area (Å²) in [5.41, 5.74) is 1.28. The van der Waals surface area contributed by atoms with E-state index in [4.69, 9.17) is 14.0 Å². The highest BCUT2D eigenvalue weighted by atomic mass is 19.1. The lowest BCUT2D eigenvalue weighted by Gasteiger charge is -2.23. The van der Waals surface area contributed by atoms with Gasteiger partial charge in [0.15, 0.2) is 17.4 Å². The number of carbonyl (C=O) groups is 1. The molecule has 11 heteroatoms. The Morgan fingerprint density at radius 3 is 2.83 bits per heavy atom. The van der Waals surface area contributed by atoms with Gasteiger partial charge in [-0.2, -0.15) is 20.0 Å². The third kappa shape index (κ3) is 4.20. The van der Waals surface area contributed by atoms with Gasteiger partial charge < -0.3 is 18.9 Å². The van der Waals surface area contributed by atoms with Crippen LogP contribution in [0.2, 0.25) is 0 Å². The molecule has 1 aliphatic rings. The summed E-state index contributed by atoms with van der Waals surface area (Å²) in [6.45, 7) is 2.57. The Labute approximate surface area is 200 Å². The van der Waals surface area contributed by atoms with E-state index in [2.05, 4.69) is 20.3 Å². The van der Waals surface area contributed by atoms with Crippen molar-refractivity contribution in [3.63, 3.8) is 0 Å². The van der Waals surface area contributed by atoms with Gasteiger partial charge in [-0.15, -0.1) is 0 Å². The van der Waals surface area contributed by atoms with Gasteiger partial charge in [0.1, 0.15) is 5.75 Å². The number of methoxy groups -OCH3 is 1. The van der Waals surface area contributed by atoms with E-state index in [1.165, 1.54) is 18.0 Å². The molecule has 1 amide bonds. The fourth-order valence-electron chi connectivity index (χ4n) is 4.21. The Morgan fingerprint density at radius 2 is 2.06 bits per heavy atom. The van der Waals surface area contributed by atoms with E-state index in [0.717, 1.165) is 6.42 Å². The van der Waals surface area contributed by atoms with Crippen molar-refractivity contribution in [2.24, 2.45) is 0 Å². The molecule has 180 valence electrons. The largest absolute Gasteiger partial charge is 0.497 e. The molecule has 35 heavy (non-hydrogen) atoms. The van der Waals surface area contributed by atoms with Gasteiger partial charge in [0.05, 0.1) is 49.0 Å². The smallest absolute Gasteiger partial charge is 0.261 e. The van der Waals surface area contributed by atoms with E-state index < -0.39 is 11.9 Å². The first kappa shape index (κ1) is 22.5. The molecule has 10 nitrogen and oxygen atoms in total. The summed E-state index contributed by atoms with van der Waals surface area (Å²) in [7, 11) is 1.54. The molecule has 1 atom stereocenters. The predicted molar refractivity (Wildman–Crippen MR) is 122 cm³/mol. The SMILES string of the molecule is CCOc1c(F)cccc1-c1nc(C2CCCN2C(=O)c2cc(OC)ccc2-n2nccn2)no1. The maximum atomic E-state index is 14.3. The summed E-state index contributed by atoms with van der Waals surface area (Å²) >= 11 is 0. The molecule has 0 aliphatic carbocycles. The molecule has 3 heterocycles. The summed E-state index contributed by atoms with van der Waals surface area (Å²) in [6, 6.07) is 9.26. The number of hydrogen-bond acceptors (Lipinski definition) is 8. The molecular weight excluding hydrogens is 455 g/mol. The lowest BCUT2D eigenvalue weighted by Crippen LogP contribution is -2.32. The number of carbonyl (C=O) groups excluding carboxylic acids is 1. The van der Waals surface area contributed by atoms with E-state index in [-0.39, 0.29) is 24.2 Å². The molecule has 0 bridgehead atoms. The van der Waals surface area contributed by atoms with Crippen LogP contribution in [-0.2, 0) is 0 Å². The van der Waals surface area contributed by atoms with Crippen molar-refractivity contribution in [3.05, 3.63) is 66.0 Å². The summed E-state index contributed by atoms with van der Waals surface area (Å²) < 4.78 is 30.6. The van der Waals surface area contributed by atoms with Crippen molar-refractivity contribution >= 4 is 5.91 Å². The number of para-hydroxylation sites is 1. The van der Waals surface area contributed by atoms with Crippen LogP contribution >= 0.6 is 0 Å². The van der Waals surface area contributed by atoms with Gasteiger partial charge >= 0.3 is 0 Å². The van der Waals surface area contributed by atoms with E-state index in [1.807, 2.05) is 0 Å². The van der Waals surface area contributed by atoms with Gasteiger partial charge in [-0.1, -0.05) is 11.2 Å². The normalized spacial score (nSPS) is 15.4. The van der Waals surface area contributed by atoms with Crippen LogP contribution in [0.4, 0.5) is 4.39 Å². The molecule has 2 aromatic carbocycles. The quantitative estimate of drug-likeness (QED) is 0.394. The van der Waals surface area contributed by atoms with Crippen molar-refractivity contribution in [3.8, 4) is 28.6 Å². The van der Waals surface area contributed by atoms with E-state index >= 15 is 0 Å². The van der Waals surface area contributed by atoms with Crippen LogP contribution < -0.4 is 9.47 Å². The van der Waals surface area contributed by atoms with Crippen LogP contribution in [0.15, 0.2) is 53.3 Å². The summed E-state index contributed by atoms with van der Waals surface area (Å²) in [5.74, 6) is 0.323. The second kappa shape index (κ2) is 9.53. The Balaban J connectivity index is 1.48. The second-order valence-corrected chi connectivity index (χ2v) is 7.87. The minimum Gasteiger partial charge on any atom is -0.497 e. The zero-order valence-corrected chi connectivity index (χ0v) is 19.2. The molecule has 0 radical (unpaired) electrons. The van der Waals surface area contributed by atoms with Gasteiger partial charge in [-0.05, 0) is 50.1 Å². The van der Waals surface area contributed by atoms with Gasteiger partial charge in [0, 0.05) is 6.54 Å². The van der Waals surface area contributed by atoms with Crippen molar-refractivity contribution < 1.29 is 23.2 Å². The van der Waals surface area contributed by atoms with Crippen LogP contribution in [0.1, 0.15) is 42.0 Å². The van der Waals surface area contributed by atoms with Crippen LogP contribution in [0.3, 0.4) is 0 Å². The molecule has 1 fully saturated rings. The average Bonchev–Trinajstić information content (AvgIpc) is 3.66. The first-order chi connectivity index (χ1) is 17.1. The summed E-state index contributed by atoms with van der Waals surface area (Å²) in [6.07, 6.45) is 4.51. The van der Waals surface area contributed by atoms with Gasteiger partial charge in [0.2, 0.25) is 0 Å². The number of ether oxygens (including phenoxy) is 2. The van der Waals surface area contributed by atoms with Crippen molar-refractivity contribution in [1.29, 1.82) is 0 Å². The maximum absolute atomic E-state index is 14.3. The predicted octanol–water partition coefficient (Wildman–Crippen LogP) is 3.84. The second-order valence-electron chi connectivity index (χ2n) is 7.87. The maximum Gasteiger partial charge on any atom is 0.261 e. The molecule has 0 saturated carbocycles. The average molecular weight is 478 g/mol. The highest BCUT2D eigenvalue weighted by Crippen LogP contribution is 2.36. The summed E-state index contributed by atoms with van der Waals surface area (Å²) in [4.78, 5) is 21.3. The minimum atomic E-state index is -0.514. The fraction of sp³-hybridized carbons (Fsp3) is 0.292. The molecule has 2 aromatic heterocycles. The van der Waals surface area contributed by atoms with Gasteiger partial charge in [-0.25, -0.2) is 4.39 Å². The van der Waals surface area contributed by atoms with Crippen LogP contribution in [-0.4, -0.2) is 56.2 Å². The van der Waals surface area contributed by atoms with Crippen LogP contribution in [0, 0.1) is 5.82 Å². The molecule has 1 saturated heterocycles. The van der Waals surface area contributed by atoms with Gasteiger partial charge in [0.25, 0.3) is 11.8 Å². The number of aromatic nitrogens is 5. The lowest BCUT2D eigenvalue weighted by molar-refractivity contribution is 0.0727. The number of likely N-dealkylation sites (tertiary alicyclic amines) is 1. The Kier molecular flexibility index (Phi) is 6.13. The zero-order valence-electron chi connectivity index (χ0n) is 19.2. The molecular formula is C24H23FN6O4. The van der Waals surface area contributed by atoms with E-state index in [0.29, 0.717) is 41.4 Å². The monoisotopic (exact) mass is 478 g/mol. The van der Waals surface area contributed by atoms with Crippen LogP contribution in [0.25, 0.3) is 17.1 Å². The molecule has 0 N–H and O–H groups in total. The van der Waals surface area contributed by atoms with E-state index in [9.17, 15) is 9.18 Å². The molecule has 1 unspecified atom stereocenters. The highest BCUT2D eigenvalue weighted by molar-refractivity contribution is 5.98. The van der Waals surface area contributed by atoms with Crippen molar-refractivity contribution in [2.75, 3.05) is 20.3 Å². The molecule has 1 aliphatic heterocycles. The minimum absolute atomic E-state index is 0.0531. The van der Waals surface area contributed by atoms with Crippen molar-refractivity contribution in [2.45, 2.75) is 25.8 Å². The third-order valence-corrected chi connectivity index (χ3v) is 5.81. The molecule has 0 spiro atoms. The topological polar surface area (TPSA) is 108 Å². The Morgan fingerprint density at radius 1 is 1.23 bits per heavy atom. The highest BCUT2D eigenvalue weighted by Gasteiger charge is 2.35. The number of nitrogens with zero attached hydrogens (tertiary/aromatic N) is 6. The Hall–Kier alpha value is -4.28. The zero-order chi connectivity index (χ0) is 24.4. The standard InChI is InChI=1S/C24H23FN6O4/c1-3-34-21-16(6-4-7-18(21)25)23-28-22(29-35-23)20-8-5-13-30(20)24(32)17-14-15(33-2)9-10-19(17)31-26-11-12-27-31/h4,6-7,9-12,14,20H,3,5,8,13H2,1-2H3. The summed E-state index contributed by atoms with van der Waals surface area (Å²) in [5, 5.41) is 12.5. The first-order valence-electron chi connectivity index (χ1n) is 11.2. The van der Waals surface area contributed by atoms with Gasteiger partial charge in [-0.3, -0.25) is 4.79 Å². The first-order valence-corrected chi connectivity index (χ1v) is 11.2. The molecule has 4 aromatic rings. The lowest BCUT2D eigenvalue weighted by atomic mass is 10.1. The van der Waals surface area contributed by atoms with Crippen molar-refractivity contribution in [1.82, 2.24) is 30.0 Å². The third-order valence-electron chi connectivity index (χ3n) is 5.81. The number of amides is 1. The number of benzene rings is 2. The Bertz CT molecular complexity index is 1340. The molecule has 5 rings (SSSR count). The van der Waals surface area contributed by atoms with E-state index in [1.54, 1.807) is 54.5 Å². The number of rotatable bonds is 7. The fourth-order valence-corrected chi connectivity index (χ4v) is 4.21.